The van der Waals surface area contributed by atoms with Crippen LogP contribution in [0.25, 0.3) is 0 Å². The summed E-state index contributed by atoms with van der Waals surface area (Å²) in [7, 11) is 0. The number of nitrogens with zero attached hydrogens (tertiary/aromatic N) is 1. The average Bonchev–Trinajstić information content (AvgIpc) is 2.47. The number of rotatable bonds is 3. The number of nitrogens with one attached hydrogen (secondary N) is 1. The summed E-state index contributed by atoms with van der Waals surface area (Å²) in [6.45, 7) is 7.11. The second-order valence-electron chi connectivity index (χ2n) is 6.89. The van der Waals surface area contributed by atoms with Gasteiger partial charge in [0.1, 0.15) is 0 Å². The van der Waals surface area contributed by atoms with E-state index in [1.54, 1.807) is 0 Å². The van der Waals surface area contributed by atoms with Crippen molar-refractivity contribution in [3.63, 3.8) is 0 Å². The number of fused-ring (bicyclic) bond motifs is 2. The van der Waals surface area contributed by atoms with E-state index in [1.807, 2.05) is 6.07 Å². The first-order valence-corrected chi connectivity index (χ1v) is 8.24. The minimum absolute atomic E-state index is 0.613. The number of likely N-dealkylation sites (tertiary alicyclic amines) is 1. The molecule has 2 aliphatic rings. The molecule has 1 aromatic carbocycles. The summed E-state index contributed by atoms with van der Waals surface area (Å²) in [6.07, 6.45) is 9.61. The molecule has 2 fully saturated rings. The Hall–Kier alpha value is -1.46. The quantitative estimate of drug-likeness (QED) is 0.852. The highest BCUT2D eigenvalue weighted by molar-refractivity contribution is 5.51. The van der Waals surface area contributed by atoms with Crippen molar-refractivity contribution in [1.82, 2.24) is 4.90 Å². The second kappa shape index (κ2) is 6.12. The van der Waals surface area contributed by atoms with Crippen molar-refractivity contribution in [2.24, 2.45) is 11.8 Å². The van der Waals surface area contributed by atoms with E-state index in [0.717, 1.165) is 17.4 Å². The molecule has 2 unspecified atom stereocenters. The Morgan fingerprint density at radius 1 is 1.24 bits per heavy atom. The zero-order valence-corrected chi connectivity index (χ0v) is 13.2. The van der Waals surface area contributed by atoms with Crippen LogP contribution in [0.15, 0.2) is 24.3 Å². The Bertz CT molecular complexity index is 515. The molecule has 1 aromatic rings. The van der Waals surface area contributed by atoms with Crippen LogP contribution in [-0.2, 0) is 0 Å². The summed E-state index contributed by atoms with van der Waals surface area (Å²) >= 11 is 0. The summed E-state index contributed by atoms with van der Waals surface area (Å²) in [5, 5.41) is 3.79. The van der Waals surface area contributed by atoms with Gasteiger partial charge in [-0.1, -0.05) is 18.4 Å². The third kappa shape index (κ3) is 3.09. The van der Waals surface area contributed by atoms with Gasteiger partial charge in [-0.2, -0.15) is 0 Å². The van der Waals surface area contributed by atoms with Crippen LogP contribution < -0.4 is 5.32 Å². The summed E-state index contributed by atoms with van der Waals surface area (Å²) in [5.74, 6) is 4.27. The van der Waals surface area contributed by atoms with E-state index >= 15 is 0 Å². The zero-order valence-electron chi connectivity index (χ0n) is 13.2. The highest BCUT2D eigenvalue weighted by atomic mass is 15.2. The average molecular weight is 282 g/mol. The molecule has 2 heteroatoms. The summed E-state index contributed by atoms with van der Waals surface area (Å²) < 4.78 is 0. The molecule has 1 aliphatic heterocycles. The maximum Gasteiger partial charge on any atom is 0.0355 e. The SMILES string of the molecule is C#Cc1cccc(NC2C3CCCC2CN(C(C)C)C3)c1. The summed E-state index contributed by atoms with van der Waals surface area (Å²) in [4.78, 5) is 2.66. The normalized spacial score (nSPS) is 29.1. The van der Waals surface area contributed by atoms with Gasteiger partial charge in [0.15, 0.2) is 0 Å². The third-order valence-electron chi connectivity index (χ3n) is 5.20. The first kappa shape index (κ1) is 14.5. The number of piperidine rings is 1. The lowest BCUT2D eigenvalue weighted by Crippen LogP contribution is -2.56. The van der Waals surface area contributed by atoms with Crippen LogP contribution in [0, 0.1) is 24.2 Å². The van der Waals surface area contributed by atoms with Gasteiger partial charge in [0.25, 0.3) is 0 Å². The van der Waals surface area contributed by atoms with Gasteiger partial charge in [0.2, 0.25) is 0 Å². The summed E-state index contributed by atoms with van der Waals surface area (Å²) in [6, 6.07) is 9.57. The van der Waals surface area contributed by atoms with Crippen LogP contribution in [0.2, 0.25) is 0 Å². The Morgan fingerprint density at radius 3 is 2.57 bits per heavy atom. The maximum atomic E-state index is 5.51. The molecular weight excluding hydrogens is 256 g/mol. The number of terminal acetylenes is 1. The highest BCUT2D eigenvalue weighted by Gasteiger charge is 2.39. The number of hydrogen-bond acceptors (Lipinski definition) is 2. The minimum atomic E-state index is 0.613. The van der Waals surface area contributed by atoms with Gasteiger partial charge in [-0.25, -0.2) is 0 Å². The van der Waals surface area contributed by atoms with Gasteiger partial charge in [-0.15, -0.1) is 6.42 Å². The molecular formula is C19H26N2. The molecule has 2 nitrogen and oxygen atoms in total. The van der Waals surface area contributed by atoms with Crippen LogP contribution in [0.1, 0.15) is 38.7 Å². The Labute approximate surface area is 128 Å². The fourth-order valence-corrected chi connectivity index (χ4v) is 4.02. The van der Waals surface area contributed by atoms with E-state index in [0.29, 0.717) is 12.1 Å². The van der Waals surface area contributed by atoms with Gasteiger partial charge < -0.3 is 10.2 Å². The Morgan fingerprint density at radius 2 is 1.95 bits per heavy atom. The molecule has 21 heavy (non-hydrogen) atoms. The molecule has 0 aromatic heterocycles. The lowest BCUT2D eigenvalue weighted by Gasteiger charge is -2.49. The van der Waals surface area contributed by atoms with Crippen LogP contribution in [-0.4, -0.2) is 30.1 Å². The van der Waals surface area contributed by atoms with Crippen molar-refractivity contribution in [2.45, 2.75) is 45.2 Å². The van der Waals surface area contributed by atoms with E-state index in [-0.39, 0.29) is 0 Å². The molecule has 2 bridgehead atoms. The van der Waals surface area contributed by atoms with Gasteiger partial charge in [0.05, 0.1) is 0 Å². The maximum absolute atomic E-state index is 5.51. The van der Waals surface area contributed by atoms with Crippen molar-refractivity contribution >= 4 is 5.69 Å². The molecule has 1 saturated heterocycles. The Balaban J connectivity index is 1.75. The van der Waals surface area contributed by atoms with Crippen molar-refractivity contribution < 1.29 is 0 Å². The first-order chi connectivity index (χ1) is 10.2. The van der Waals surface area contributed by atoms with Crippen molar-refractivity contribution in [2.75, 3.05) is 18.4 Å². The van der Waals surface area contributed by atoms with E-state index in [9.17, 15) is 0 Å². The van der Waals surface area contributed by atoms with Crippen LogP contribution >= 0.6 is 0 Å². The predicted octanol–water partition coefficient (Wildman–Crippen LogP) is 3.59. The molecule has 0 radical (unpaired) electrons. The third-order valence-corrected chi connectivity index (χ3v) is 5.20. The molecule has 3 rings (SSSR count). The number of anilines is 1. The molecule has 0 spiro atoms. The molecule has 112 valence electrons. The molecule has 1 heterocycles. The lowest BCUT2D eigenvalue weighted by molar-refractivity contribution is 0.0518. The van der Waals surface area contributed by atoms with Crippen LogP contribution in [0.4, 0.5) is 5.69 Å². The highest BCUT2D eigenvalue weighted by Crippen LogP contribution is 2.37. The van der Waals surface area contributed by atoms with Crippen molar-refractivity contribution in [1.29, 1.82) is 0 Å². The van der Waals surface area contributed by atoms with Gasteiger partial charge in [0, 0.05) is 36.4 Å². The minimum Gasteiger partial charge on any atom is -0.382 e. The van der Waals surface area contributed by atoms with E-state index in [1.165, 1.54) is 38.0 Å². The fourth-order valence-electron chi connectivity index (χ4n) is 4.02. The first-order valence-electron chi connectivity index (χ1n) is 8.24. The summed E-state index contributed by atoms with van der Waals surface area (Å²) in [5.41, 5.74) is 2.15. The molecule has 1 N–H and O–H groups in total. The van der Waals surface area contributed by atoms with E-state index in [2.05, 4.69) is 48.2 Å². The smallest absolute Gasteiger partial charge is 0.0355 e. The van der Waals surface area contributed by atoms with Gasteiger partial charge >= 0.3 is 0 Å². The molecule has 0 amide bonds. The number of hydrogen-bond donors (Lipinski definition) is 1. The Kier molecular flexibility index (Phi) is 4.22. The van der Waals surface area contributed by atoms with Crippen LogP contribution in [0.3, 0.4) is 0 Å². The topological polar surface area (TPSA) is 15.3 Å². The monoisotopic (exact) mass is 282 g/mol. The van der Waals surface area contributed by atoms with E-state index < -0.39 is 0 Å². The lowest BCUT2D eigenvalue weighted by atomic mass is 9.73. The fraction of sp³-hybridized carbons (Fsp3) is 0.579. The van der Waals surface area contributed by atoms with E-state index in [4.69, 9.17) is 6.42 Å². The second-order valence-corrected chi connectivity index (χ2v) is 6.89. The van der Waals surface area contributed by atoms with Crippen molar-refractivity contribution in [3.8, 4) is 12.3 Å². The zero-order chi connectivity index (χ0) is 14.8. The van der Waals surface area contributed by atoms with Gasteiger partial charge in [-0.3, -0.25) is 0 Å². The number of benzene rings is 1. The molecule has 1 aliphatic carbocycles. The van der Waals surface area contributed by atoms with Gasteiger partial charge in [-0.05, 0) is 56.7 Å². The predicted molar refractivity (Wildman–Crippen MR) is 89.3 cm³/mol. The largest absolute Gasteiger partial charge is 0.382 e. The molecule has 2 atom stereocenters. The standard InChI is InChI=1S/C19H26N2/c1-4-15-7-5-10-18(11-15)20-19-16-8-6-9-17(19)13-21(12-16)14(2)3/h1,5,7,10-11,14,16-17,19-20H,6,8-9,12-13H2,2-3H3. The van der Waals surface area contributed by atoms with Crippen LogP contribution in [0.5, 0.6) is 0 Å². The molecule has 1 saturated carbocycles. The van der Waals surface area contributed by atoms with Crippen molar-refractivity contribution in [3.05, 3.63) is 29.8 Å².